The molecule has 2 heterocycles. The van der Waals surface area contributed by atoms with Gasteiger partial charge in [-0.25, -0.2) is 4.98 Å². The van der Waals surface area contributed by atoms with Crippen LogP contribution in [0.25, 0.3) is 0 Å². The monoisotopic (exact) mass is 571 g/mol. The van der Waals surface area contributed by atoms with Gasteiger partial charge in [0.15, 0.2) is 5.82 Å². The van der Waals surface area contributed by atoms with E-state index in [-0.39, 0.29) is 0 Å². The van der Waals surface area contributed by atoms with E-state index in [9.17, 15) is 15.1 Å². The van der Waals surface area contributed by atoms with Crippen LogP contribution < -0.4 is 15.9 Å². The summed E-state index contributed by atoms with van der Waals surface area (Å²) in [5.41, 5.74) is 4.69. The molecule has 3 aliphatic rings. The van der Waals surface area contributed by atoms with Gasteiger partial charge in [0, 0.05) is 30.1 Å². The average molecular weight is 572 g/mol. The minimum Gasteiger partial charge on any atom is -0.338 e. The molecule has 2 aromatic carbocycles. The summed E-state index contributed by atoms with van der Waals surface area (Å²) in [6.45, 7) is 5.50. The number of hydrogen-bond acceptors (Lipinski definition) is 8. The fraction of sp³-hybridized carbons (Fsp3) is 0.400. The number of fused-ring (bicyclic) bond motifs is 2. The highest BCUT2D eigenvalue weighted by atomic mass is 35.5. The van der Waals surface area contributed by atoms with E-state index in [1.807, 2.05) is 0 Å². The lowest BCUT2D eigenvalue weighted by Crippen LogP contribution is -2.35. The van der Waals surface area contributed by atoms with Gasteiger partial charge in [0.1, 0.15) is 12.2 Å². The number of rotatable bonds is 6. The molecule has 3 aromatic rings. The maximum Gasteiger partial charge on any atom is 0.229 e. The first kappa shape index (κ1) is 26.8. The minimum absolute atomic E-state index is 0.296. The van der Waals surface area contributed by atoms with Crippen LogP contribution in [0.1, 0.15) is 29.5 Å². The molecule has 10 heteroatoms. The molecule has 2 aliphatic carbocycles. The molecule has 0 spiro atoms. The largest absolute Gasteiger partial charge is 0.338 e. The highest BCUT2D eigenvalue weighted by Crippen LogP contribution is 2.52. The first-order chi connectivity index (χ1) is 19.2. The molecule has 0 bridgehead atoms. The van der Waals surface area contributed by atoms with Crippen LogP contribution in [0, 0.1) is 40.4 Å². The van der Waals surface area contributed by atoms with Crippen LogP contribution in [0.4, 0.5) is 23.1 Å². The molecule has 8 nitrogen and oxygen atoms in total. The lowest BCUT2D eigenvalue weighted by molar-refractivity contribution is 0.195. The van der Waals surface area contributed by atoms with Gasteiger partial charge in [-0.1, -0.05) is 17.7 Å². The first-order valence-electron chi connectivity index (χ1n) is 13.6. The molecular formula is C30H31ClN7OP. The molecule has 40 heavy (non-hydrogen) atoms. The number of benzene rings is 2. The van der Waals surface area contributed by atoms with Gasteiger partial charge >= 0.3 is 0 Å². The number of piperidine rings is 1. The molecule has 1 aliphatic heterocycles. The topological polar surface area (TPSA) is 118 Å². The van der Waals surface area contributed by atoms with Crippen molar-refractivity contribution in [2.24, 2.45) is 17.8 Å². The van der Waals surface area contributed by atoms with Gasteiger partial charge < -0.3 is 15.2 Å². The van der Waals surface area contributed by atoms with Gasteiger partial charge in [-0.3, -0.25) is 4.90 Å². The number of aromatic nitrogens is 2. The Labute approximate surface area is 239 Å². The Balaban J connectivity index is 1.16. The predicted molar refractivity (Wildman–Crippen MR) is 158 cm³/mol. The van der Waals surface area contributed by atoms with E-state index in [1.165, 1.54) is 17.3 Å². The number of halogens is 1. The van der Waals surface area contributed by atoms with Crippen LogP contribution in [-0.2, 0) is 17.4 Å². The Morgan fingerprint density at radius 3 is 2.48 bits per heavy atom. The Hall–Kier alpha value is -3.42. The van der Waals surface area contributed by atoms with Gasteiger partial charge in [0.25, 0.3) is 0 Å². The van der Waals surface area contributed by atoms with Crippen molar-refractivity contribution >= 4 is 47.2 Å². The standard InChI is InChI=1S/C30H31ClN7OP/c1-40(2,39)28-11-18(13-32)3-10-27(28)36-29-26(31)15-34-30(37-29)35-21-7-4-19-5-8-22(9-6-20(19)12-21)38-16-24-23(14-33)25(24)17-38/h3-4,7,10-12,15,22-25H,5-6,8-9,16-17H2,1-2H3,(H2,34,35,36,37)/t22-,23?,24?,25?/m0/s1. The summed E-state index contributed by atoms with van der Waals surface area (Å²) in [4.78, 5) is 11.6. The second-order valence-electron chi connectivity index (χ2n) is 11.5. The number of hydrogen-bond donors (Lipinski definition) is 2. The third-order valence-corrected chi connectivity index (χ3v) is 10.4. The predicted octanol–water partition coefficient (Wildman–Crippen LogP) is 5.69. The summed E-state index contributed by atoms with van der Waals surface area (Å²) in [5, 5.41) is 25.9. The lowest BCUT2D eigenvalue weighted by Gasteiger charge is -2.28. The van der Waals surface area contributed by atoms with Crippen molar-refractivity contribution in [3.8, 4) is 12.1 Å². The van der Waals surface area contributed by atoms with Gasteiger partial charge in [-0.15, -0.1) is 0 Å². The summed E-state index contributed by atoms with van der Waals surface area (Å²) < 4.78 is 12.9. The molecule has 204 valence electrons. The number of nitriles is 2. The van der Waals surface area contributed by atoms with E-state index < -0.39 is 7.14 Å². The van der Waals surface area contributed by atoms with Crippen LogP contribution in [0.15, 0.2) is 42.6 Å². The smallest absolute Gasteiger partial charge is 0.229 e. The Bertz CT molecular complexity index is 1590. The van der Waals surface area contributed by atoms with E-state index >= 15 is 0 Å². The van der Waals surface area contributed by atoms with E-state index in [4.69, 9.17) is 11.6 Å². The quantitative estimate of drug-likeness (QED) is 0.286. The van der Waals surface area contributed by atoms with Crippen LogP contribution in [0.5, 0.6) is 0 Å². The molecule has 2 unspecified atom stereocenters. The van der Waals surface area contributed by atoms with E-state index in [1.54, 1.807) is 31.5 Å². The third kappa shape index (κ3) is 5.32. The van der Waals surface area contributed by atoms with Crippen LogP contribution in [-0.4, -0.2) is 47.3 Å². The van der Waals surface area contributed by atoms with Gasteiger partial charge in [-0.2, -0.15) is 15.5 Å². The molecule has 2 fully saturated rings. The van der Waals surface area contributed by atoms with Crippen LogP contribution >= 0.6 is 18.7 Å². The van der Waals surface area contributed by atoms with Crippen molar-refractivity contribution in [1.82, 2.24) is 14.9 Å². The number of nitrogens with one attached hydrogen (secondary N) is 2. The molecule has 2 N–H and O–H groups in total. The summed E-state index contributed by atoms with van der Waals surface area (Å²) in [6, 6.07) is 16.7. The molecule has 1 aromatic heterocycles. The number of anilines is 4. The highest BCUT2D eigenvalue weighted by Gasteiger charge is 2.56. The average Bonchev–Trinajstić information content (AvgIpc) is 3.50. The first-order valence-corrected chi connectivity index (χ1v) is 16.6. The maximum absolute atomic E-state index is 12.9. The van der Waals surface area contributed by atoms with Crippen molar-refractivity contribution < 1.29 is 4.57 Å². The molecule has 1 saturated carbocycles. The van der Waals surface area contributed by atoms with Crippen molar-refractivity contribution in [2.75, 3.05) is 37.1 Å². The summed E-state index contributed by atoms with van der Waals surface area (Å²) in [5.74, 6) is 2.28. The zero-order valence-electron chi connectivity index (χ0n) is 22.6. The van der Waals surface area contributed by atoms with Gasteiger partial charge in [0.05, 0.1) is 35.5 Å². The second kappa shape index (κ2) is 10.5. The fourth-order valence-electron chi connectivity index (χ4n) is 6.31. The number of nitrogens with zero attached hydrogens (tertiary/aromatic N) is 5. The van der Waals surface area contributed by atoms with Crippen molar-refractivity contribution in [3.63, 3.8) is 0 Å². The highest BCUT2D eigenvalue weighted by molar-refractivity contribution is 7.70. The molecule has 0 amide bonds. The number of aryl methyl sites for hydroxylation is 2. The maximum atomic E-state index is 12.9. The van der Waals surface area contributed by atoms with Crippen molar-refractivity contribution in [3.05, 3.63) is 64.3 Å². The molecule has 3 atom stereocenters. The summed E-state index contributed by atoms with van der Waals surface area (Å²) in [6.07, 6.45) is 5.90. The molecule has 0 radical (unpaired) electrons. The Morgan fingerprint density at radius 1 is 1.02 bits per heavy atom. The third-order valence-electron chi connectivity index (χ3n) is 8.55. The van der Waals surface area contributed by atoms with Crippen molar-refractivity contribution in [1.29, 1.82) is 10.5 Å². The van der Waals surface area contributed by atoms with Crippen LogP contribution in [0.3, 0.4) is 0 Å². The van der Waals surface area contributed by atoms with Gasteiger partial charge in [-0.05, 0) is 92.3 Å². The fourth-order valence-corrected chi connectivity index (χ4v) is 7.61. The molecule has 6 rings (SSSR count). The lowest BCUT2D eigenvalue weighted by atomic mass is 10.0. The van der Waals surface area contributed by atoms with Crippen molar-refractivity contribution in [2.45, 2.75) is 31.7 Å². The zero-order valence-corrected chi connectivity index (χ0v) is 24.2. The van der Waals surface area contributed by atoms with Crippen LogP contribution in [0.2, 0.25) is 5.02 Å². The molecular weight excluding hydrogens is 541 g/mol. The van der Waals surface area contributed by atoms with E-state index in [0.717, 1.165) is 44.5 Å². The normalized spacial score (nSPS) is 23.7. The molecule has 1 saturated heterocycles. The Morgan fingerprint density at radius 2 is 1.77 bits per heavy atom. The number of likely N-dealkylation sites (tertiary alicyclic amines) is 1. The second-order valence-corrected chi connectivity index (χ2v) is 15.1. The minimum atomic E-state index is -2.68. The van der Waals surface area contributed by atoms with E-state index in [2.05, 4.69) is 55.8 Å². The van der Waals surface area contributed by atoms with Gasteiger partial charge in [0.2, 0.25) is 5.95 Å². The zero-order chi connectivity index (χ0) is 28.0. The SMILES string of the molecule is CP(C)(=O)c1cc(C#N)ccc1Nc1nc(Nc2ccc3c(c2)CC[C@@H](N2CC4C(C#N)C4C2)CC3)ncc1Cl. The summed E-state index contributed by atoms with van der Waals surface area (Å²) in [7, 11) is -2.68. The van der Waals surface area contributed by atoms with E-state index in [0.29, 0.717) is 57.1 Å². The Kier molecular flexibility index (Phi) is 7.05. The summed E-state index contributed by atoms with van der Waals surface area (Å²) >= 11 is 6.43.